The van der Waals surface area contributed by atoms with Crippen LogP contribution in [0.4, 0.5) is 4.39 Å². The first-order chi connectivity index (χ1) is 9.58. The zero-order valence-electron chi connectivity index (χ0n) is 12.5. The zero-order chi connectivity index (χ0) is 14.5. The zero-order valence-corrected chi connectivity index (χ0v) is 13.2. The first kappa shape index (κ1) is 15.8. The van der Waals surface area contributed by atoms with Gasteiger partial charge in [0, 0.05) is 0 Å². The summed E-state index contributed by atoms with van der Waals surface area (Å²) in [6.45, 7) is 6.61. The average molecular weight is 298 g/mol. The highest BCUT2D eigenvalue weighted by atomic mass is 35.5. The second-order valence-corrected chi connectivity index (χ2v) is 6.80. The van der Waals surface area contributed by atoms with Gasteiger partial charge in [0.05, 0.1) is 5.02 Å². The molecule has 0 aromatic heterocycles. The van der Waals surface area contributed by atoms with E-state index in [0.717, 1.165) is 25.1 Å². The summed E-state index contributed by atoms with van der Waals surface area (Å²) in [5.74, 6) is 1.73. The van der Waals surface area contributed by atoms with Crippen LogP contribution in [0.3, 0.4) is 0 Å². The lowest BCUT2D eigenvalue weighted by Gasteiger charge is -2.21. The van der Waals surface area contributed by atoms with E-state index in [1.54, 1.807) is 6.07 Å². The molecule has 112 valence electrons. The van der Waals surface area contributed by atoms with Gasteiger partial charge in [0.1, 0.15) is 5.82 Å². The standard InChI is InChI=1S/C17H25ClFN/c1-12(2)10-20-11-15-7-3-5-13(15)9-14-6-4-8-16(19)17(14)18/h4,6,8,12-13,15,20H,3,5,7,9-11H2,1-2H3. The molecular weight excluding hydrogens is 273 g/mol. The SMILES string of the molecule is CC(C)CNCC1CCCC1Cc1cccc(F)c1Cl. The minimum absolute atomic E-state index is 0.295. The monoisotopic (exact) mass is 297 g/mol. The van der Waals surface area contributed by atoms with Crippen LogP contribution in [0.5, 0.6) is 0 Å². The molecule has 1 aromatic rings. The van der Waals surface area contributed by atoms with Crippen LogP contribution in [0.25, 0.3) is 0 Å². The summed E-state index contributed by atoms with van der Waals surface area (Å²) in [6.07, 6.45) is 4.71. The van der Waals surface area contributed by atoms with E-state index in [0.29, 0.717) is 22.8 Å². The first-order valence-corrected chi connectivity index (χ1v) is 8.09. The Bertz CT molecular complexity index is 433. The molecule has 1 fully saturated rings. The van der Waals surface area contributed by atoms with Gasteiger partial charge >= 0.3 is 0 Å². The molecule has 1 nitrogen and oxygen atoms in total. The summed E-state index contributed by atoms with van der Waals surface area (Å²) in [5.41, 5.74) is 0.965. The summed E-state index contributed by atoms with van der Waals surface area (Å²) < 4.78 is 13.5. The maximum atomic E-state index is 13.5. The lowest BCUT2D eigenvalue weighted by atomic mass is 9.89. The molecule has 1 aromatic carbocycles. The minimum Gasteiger partial charge on any atom is -0.316 e. The molecule has 1 N–H and O–H groups in total. The van der Waals surface area contributed by atoms with Crippen molar-refractivity contribution >= 4 is 11.6 Å². The van der Waals surface area contributed by atoms with Gasteiger partial charge in [0.15, 0.2) is 0 Å². The van der Waals surface area contributed by atoms with Crippen molar-refractivity contribution in [2.75, 3.05) is 13.1 Å². The Hall–Kier alpha value is -0.600. The predicted molar refractivity (Wildman–Crippen MR) is 83.7 cm³/mol. The molecule has 2 unspecified atom stereocenters. The van der Waals surface area contributed by atoms with Crippen LogP contribution in [-0.4, -0.2) is 13.1 Å². The van der Waals surface area contributed by atoms with Crippen molar-refractivity contribution in [3.05, 3.63) is 34.6 Å². The average Bonchev–Trinajstić information content (AvgIpc) is 2.82. The van der Waals surface area contributed by atoms with Crippen molar-refractivity contribution < 1.29 is 4.39 Å². The molecule has 20 heavy (non-hydrogen) atoms. The number of hydrogen-bond donors (Lipinski definition) is 1. The molecule has 1 aliphatic rings. The van der Waals surface area contributed by atoms with Gasteiger partial charge in [-0.15, -0.1) is 0 Å². The number of halogens is 2. The smallest absolute Gasteiger partial charge is 0.142 e. The number of nitrogens with one attached hydrogen (secondary N) is 1. The summed E-state index contributed by atoms with van der Waals surface area (Å²) in [5, 5.41) is 3.87. The second-order valence-electron chi connectivity index (χ2n) is 6.42. The van der Waals surface area contributed by atoms with E-state index >= 15 is 0 Å². The quantitative estimate of drug-likeness (QED) is 0.803. The fraction of sp³-hybridized carbons (Fsp3) is 0.647. The lowest BCUT2D eigenvalue weighted by Crippen LogP contribution is -2.29. The molecule has 3 heteroatoms. The van der Waals surface area contributed by atoms with Gasteiger partial charge < -0.3 is 5.32 Å². The van der Waals surface area contributed by atoms with Gasteiger partial charge in [-0.1, -0.05) is 44.0 Å². The van der Waals surface area contributed by atoms with Gasteiger partial charge in [-0.25, -0.2) is 4.39 Å². The molecule has 1 saturated carbocycles. The number of hydrogen-bond acceptors (Lipinski definition) is 1. The summed E-state index contributed by atoms with van der Waals surface area (Å²) in [4.78, 5) is 0. The van der Waals surface area contributed by atoms with Gasteiger partial charge in [0.25, 0.3) is 0 Å². The Morgan fingerprint density at radius 2 is 2.05 bits per heavy atom. The van der Waals surface area contributed by atoms with Crippen molar-refractivity contribution in [3.8, 4) is 0 Å². The molecule has 0 amide bonds. The number of benzene rings is 1. The molecule has 2 atom stereocenters. The van der Waals surface area contributed by atoms with E-state index in [1.807, 2.05) is 6.07 Å². The van der Waals surface area contributed by atoms with Crippen LogP contribution in [0.15, 0.2) is 18.2 Å². The lowest BCUT2D eigenvalue weighted by molar-refractivity contribution is 0.357. The summed E-state index contributed by atoms with van der Waals surface area (Å²) in [6, 6.07) is 5.15. The van der Waals surface area contributed by atoms with E-state index in [-0.39, 0.29) is 5.82 Å². The highest BCUT2D eigenvalue weighted by Gasteiger charge is 2.27. The maximum absolute atomic E-state index is 13.5. The van der Waals surface area contributed by atoms with E-state index in [9.17, 15) is 4.39 Å². The Morgan fingerprint density at radius 1 is 1.30 bits per heavy atom. The number of rotatable bonds is 6. The van der Waals surface area contributed by atoms with Gasteiger partial charge in [-0.05, 0) is 61.7 Å². The van der Waals surface area contributed by atoms with Crippen LogP contribution in [0.1, 0.15) is 38.7 Å². The Labute approximate surface area is 126 Å². The van der Waals surface area contributed by atoms with Crippen LogP contribution < -0.4 is 5.32 Å². The van der Waals surface area contributed by atoms with E-state index in [2.05, 4.69) is 19.2 Å². The highest BCUT2D eigenvalue weighted by Crippen LogP contribution is 2.35. The van der Waals surface area contributed by atoms with Gasteiger partial charge in [-0.3, -0.25) is 0 Å². The molecule has 0 heterocycles. The van der Waals surface area contributed by atoms with Gasteiger partial charge in [-0.2, -0.15) is 0 Å². The Kier molecular flexibility index (Phi) is 5.86. The van der Waals surface area contributed by atoms with Crippen molar-refractivity contribution in [3.63, 3.8) is 0 Å². The largest absolute Gasteiger partial charge is 0.316 e. The third-order valence-corrected chi connectivity index (χ3v) is 4.71. The van der Waals surface area contributed by atoms with Crippen molar-refractivity contribution in [2.45, 2.75) is 39.5 Å². The Morgan fingerprint density at radius 3 is 2.80 bits per heavy atom. The summed E-state index contributed by atoms with van der Waals surface area (Å²) >= 11 is 6.07. The predicted octanol–water partition coefficient (Wildman–Crippen LogP) is 4.68. The van der Waals surface area contributed by atoms with Crippen LogP contribution in [-0.2, 0) is 6.42 Å². The van der Waals surface area contributed by atoms with Crippen molar-refractivity contribution in [2.24, 2.45) is 17.8 Å². The Balaban J connectivity index is 1.92. The second kappa shape index (κ2) is 7.42. The minimum atomic E-state index is -0.295. The molecule has 0 spiro atoms. The van der Waals surface area contributed by atoms with Gasteiger partial charge in [0.2, 0.25) is 0 Å². The van der Waals surface area contributed by atoms with Crippen molar-refractivity contribution in [1.82, 2.24) is 5.32 Å². The summed E-state index contributed by atoms with van der Waals surface area (Å²) in [7, 11) is 0. The first-order valence-electron chi connectivity index (χ1n) is 7.71. The van der Waals surface area contributed by atoms with Crippen LogP contribution >= 0.6 is 11.6 Å². The van der Waals surface area contributed by atoms with Crippen LogP contribution in [0, 0.1) is 23.6 Å². The fourth-order valence-corrected chi connectivity index (χ4v) is 3.40. The van der Waals surface area contributed by atoms with Crippen molar-refractivity contribution in [1.29, 1.82) is 0 Å². The topological polar surface area (TPSA) is 12.0 Å². The molecule has 0 radical (unpaired) electrons. The van der Waals surface area contributed by atoms with Crippen LogP contribution in [0.2, 0.25) is 5.02 Å². The molecule has 0 bridgehead atoms. The van der Waals surface area contributed by atoms with E-state index in [1.165, 1.54) is 25.3 Å². The molecular formula is C17H25ClFN. The van der Waals surface area contributed by atoms with E-state index < -0.39 is 0 Å². The van der Waals surface area contributed by atoms with E-state index in [4.69, 9.17) is 11.6 Å². The third-order valence-electron chi connectivity index (χ3n) is 4.29. The fourth-order valence-electron chi connectivity index (χ4n) is 3.20. The molecule has 0 saturated heterocycles. The molecule has 1 aliphatic carbocycles. The third kappa shape index (κ3) is 4.20. The molecule has 0 aliphatic heterocycles. The highest BCUT2D eigenvalue weighted by molar-refractivity contribution is 6.31. The maximum Gasteiger partial charge on any atom is 0.142 e. The molecule has 2 rings (SSSR count). The normalized spacial score (nSPS) is 22.6.